The molecule has 0 radical (unpaired) electrons. The number of aliphatic hydroxyl groups is 6. The lowest BCUT2D eigenvalue weighted by Crippen LogP contribution is -2.61. The van der Waals surface area contributed by atoms with Crippen LogP contribution in [0.2, 0.25) is 0 Å². The van der Waals surface area contributed by atoms with Gasteiger partial charge in [0.2, 0.25) is 0 Å². The van der Waals surface area contributed by atoms with E-state index in [1.807, 2.05) is 0 Å². The van der Waals surface area contributed by atoms with Crippen LogP contribution in [0.3, 0.4) is 0 Å². The topological polar surface area (TPSA) is 249 Å². The number of phenols is 3. The van der Waals surface area contributed by atoms with Crippen LogP contribution in [-0.4, -0.2) is 115 Å². The van der Waals surface area contributed by atoms with Crippen LogP contribution < -0.4 is 10.2 Å². The number of phenolic OH excluding ortho intramolecular Hbond substituents is 3. The van der Waals surface area contributed by atoms with E-state index in [2.05, 4.69) is 0 Å². The second-order valence-electron chi connectivity index (χ2n) is 10.0. The minimum atomic E-state index is -1.88. The normalized spacial score (nSPS) is 31.7. The first-order valence-electron chi connectivity index (χ1n) is 12.8. The summed E-state index contributed by atoms with van der Waals surface area (Å²) in [7, 11) is 1.32. The molecule has 228 valence electrons. The Hall–Kier alpha value is -3.51. The van der Waals surface area contributed by atoms with E-state index in [0.29, 0.717) is 0 Å². The van der Waals surface area contributed by atoms with Crippen molar-refractivity contribution < 1.29 is 69.3 Å². The van der Waals surface area contributed by atoms with Crippen LogP contribution in [0.15, 0.2) is 39.5 Å². The molecule has 0 bridgehead atoms. The smallest absolute Gasteiger partial charge is 0.197 e. The van der Waals surface area contributed by atoms with Crippen LogP contribution in [0.1, 0.15) is 11.7 Å². The van der Waals surface area contributed by atoms with Crippen LogP contribution >= 0.6 is 0 Å². The van der Waals surface area contributed by atoms with Gasteiger partial charge in [-0.3, -0.25) is 4.79 Å². The van der Waals surface area contributed by atoms with E-state index in [1.54, 1.807) is 0 Å². The SMILES string of the molecule is COc1cc(-c2cc(=O)c3c(O)cc(O)c([C@H]4OC[C@H](O)[C@H](O)[C@@H]4O[C@@H]4O[C@H](CO)[C@@H](O)[C@H](O)[C@H]4O)c3o2)ccc1O. The zero-order chi connectivity index (χ0) is 30.5. The van der Waals surface area contributed by atoms with Crippen LogP contribution in [-0.2, 0) is 14.2 Å². The lowest BCUT2D eigenvalue weighted by atomic mass is 9.91. The third-order valence-electron chi connectivity index (χ3n) is 7.36. The van der Waals surface area contributed by atoms with Gasteiger partial charge in [0, 0.05) is 17.7 Å². The molecule has 2 aromatic carbocycles. The molecule has 0 spiro atoms. The first-order chi connectivity index (χ1) is 20.0. The van der Waals surface area contributed by atoms with Crippen molar-refractivity contribution >= 4 is 11.0 Å². The maximum atomic E-state index is 13.2. The number of aliphatic hydroxyl groups excluding tert-OH is 6. The zero-order valence-electron chi connectivity index (χ0n) is 22.0. The summed E-state index contributed by atoms with van der Waals surface area (Å²) in [6.07, 6.45) is -15.0. The van der Waals surface area contributed by atoms with Gasteiger partial charge in [0.15, 0.2) is 28.8 Å². The van der Waals surface area contributed by atoms with Crippen LogP contribution in [0.5, 0.6) is 23.0 Å². The van der Waals surface area contributed by atoms with Gasteiger partial charge in [-0.05, 0) is 18.2 Å². The van der Waals surface area contributed by atoms with E-state index in [4.69, 9.17) is 23.4 Å². The quantitative estimate of drug-likeness (QED) is 0.159. The summed E-state index contributed by atoms with van der Waals surface area (Å²) in [4.78, 5) is 13.2. The fourth-order valence-electron chi connectivity index (χ4n) is 5.10. The Balaban J connectivity index is 1.63. The first-order valence-corrected chi connectivity index (χ1v) is 12.8. The lowest BCUT2D eigenvalue weighted by molar-refractivity contribution is -0.336. The third-order valence-corrected chi connectivity index (χ3v) is 7.36. The standard InChI is InChI=1S/C27H30O15/c1-38-16-4-9(2-3-10(16)29)15-6-13(32)18-11(30)5-12(31)19(24(18)40-15)25-26(20(34)14(33)8-39-25)42-27-23(37)22(36)21(35)17(7-28)41-27/h2-6,14,17,20-23,25-31,33-37H,7-8H2,1H3/t14-,17+,20-,21+,22-,23+,25+,26-,27-/m0/s1. The van der Waals surface area contributed by atoms with E-state index in [1.165, 1.54) is 25.3 Å². The minimum Gasteiger partial charge on any atom is -0.507 e. The summed E-state index contributed by atoms with van der Waals surface area (Å²) in [5.41, 5.74) is -1.13. The van der Waals surface area contributed by atoms with Crippen molar-refractivity contribution in [2.45, 2.75) is 55.1 Å². The first kappa shape index (κ1) is 30.0. The summed E-state index contributed by atoms with van der Waals surface area (Å²) in [6, 6.07) is 6.02. The maximum absolute atomic E-state index is 13.2. The van der Waals surface area contributed by atoms with Gasteiger partial charge < -0.3 is 69.3 Å². The summed E-state index contributed by atoms with van der Waals surface area (Å²) < 4.78 is 27.9. The van der Waals surface area contributed by atoms with Crippen molar-refractivity contribution in [3.8, 4) is 34.3 Å². The fourth-order valence-corrected chi connectivity index (χ4v) is 5.10. The van der Waals surface area contributed by atoms with Gasteiger partial charge in [-0.25, -0.2) is 0 Å². The lowest BCUT2D eigenvalue weighted by Gasteiger charge is -2.44. The molecule has 0 saturated carbocycles. The fraction of sp³-hybridized carbons (Fsp3) is 0.444. The Kier molecular flexibility index (Phi) is 8.30. The second-order valence-corrected chi connectivity index (χ2v) is 10.0. The van der Waals surface area contributed by atoms with Crippen LogP contribution in [0, 0.1) is 0 Å². The molecule has 5 rings (SSSR count). The molecule has 2 fully saturated rings. The summed E-state index contributed by atoms with van der Waals surface area (Å²) >= 11 is 0. The molecule has 2 aliphatic rings. The number of fused-ring (bicyclic) bond motifs is 1. The number of hydrogen-bond acceptors (Lipinski definition) is 15. The molecule has 0 unspecified atom stereocenters. The Morgan fingerprint density at radius 2 is 1.64 bits per heavy atom. The van der Waals surface area contributed by atoms with Crippen molar-refractivity contribution in [1.82, 2.24) is 0 Å². The third kappa shape index (κ3) is 5.15. The average molecular weight is 595 g/mol. The molecule has 0 aliphatic carbocycles. The van der Waals surface area contributed by atoms with Crippen molar-refractivity contribution in [1.29, 1.82) is 0 Å². The van der Waals surface area contributed by atoms with Crippen LogP contribution in [0.4, 0.5) is 0 Å². The predicted octanol–water partition coefficient (Wildman–Crippen LogP) is -1.44. The second kappa shape index (κ2) is 11.6. The molecule has 0 amide bonds. The maximum Gasteiger partial charge on any atom is 0.197 e. The molecular formula is C27H30O15. The van der Waals surface area contributed by atoms with E-state index in [9.17, 15) is 50.8 Å². The highest BCUT2D eigenvalue weighted by molar-refractivity contribution is 5.89. The van der Waals surface area contributed by atoms with Gasteiger partial charge in [-0.1, -0.05) is 0 Å². The van der Waals surface area contributed by atoms with E-state index in [-0.39, 0.29) is 39.4 Å². The molecule has 3 heterocycles. The number of benzene rings is 2. The van der Waals surface area contributed by atoms with Crippen molar-refractivity contribution in [3.63, 3.8) is 0 Å². The molecule has 3 aromatic rings. The highest BCUT2D eigenvalue weighted by Gasteiger charge is 2.49. The van der Waals surface area contributed by atoms with E-state index >= 15 is 0 Å². The van der Waals surface area contributed by atoms with Gasteiger partial charge in [0.25, 0.3) is 0 Å². The van der Waals surface area contributed by atoms with Gasteiger partial charge >= 0.3 is 0 Å². The highest BCUT2D eigenvalue weighted by atomic mass is 16.7. The van der Waals surface area contributed by atoms with Crippen molar-refractivity contribution in [2.24, 2.45) is 0 Å². The molecule has 1 aromatic heterocycles. The molecule has 2 saturated heterocycles. The van der Waals surface area contributed by atoms with Gasteiger partial charge in [0.1, 0.15) is 71.5 Å². The Bertz CT molecular complexity index is 1500. The van der Waals surface area contributed by atoms with Crippen molar-refractivity contribution in [2.75, 3.05) is 20.3 Å². The summed E-state index contributed by atoms with van der Waals surface area (Å²) in [5, 5.41) is 92.6. The Morgan fingerprint density at radius 3 is 2.33 bits per heavy atom. The number of hydrogen-bond donors (Lipinski definition) is 9. The molecule has 9 atom stereocenters. The molecule has 42 heavy (non-hydrogen) atoms. The van der Waals surface area contributed by atoms with E-state index in [0.717, 1.165) is 12.1 Å². The molecular weight excluding hydrogens is 564 g/mol. The van der Waals surface area contributed by atoms with Gasteiger partial charge in [-0.15, -0.1) is 0 Å². The largest absolute Gasteiger partial charge is 0.507 e. The molecule has 15 heteroatoms. The predicted molar refractivity (Wildman–Crippen MR) is 139 cm³/mol. The number of ether oxygens (including phenoxy) is 4. The molecule has 15 nitrogen and oxygen atoms in total. The number of methoxy groups -OCH3 is 1. The average Bonchev–Trinajstić information content (AvgIpc) is 2.96. The molecule has 2 aliphatic heterocycles. The van der Waals surface area contributed by atoms with Crippen molar-refractivity contribution in [3.05, 3.63) is 46.1 Å². The number of rotatable bonds is 6. The summed E-state index contributed by atoms with van der Waals surface area (Å²) in [6.45, 7) is -1.25. The Labute approximate surface area is 236 Å². The minimum absolute atomic E-state index is 0.0648. The highest BCUT2D eigenvalue weighted by Crippen LogP contribution is 2.44. The monoisotopic (exact) mass is 594 g/mol. The summed E-state index contributed by atoms with van der Waals surface area (Å²) in [5.74, 6) is -1.48. The molecule has 9 N–H and O–H groups in total. The van der Waals surface area contributed by atoms with Gasteiger partial charge in [0.05, 0.1) is 25.9 Å². The van der Waals surface area contributed by atoms with Crippen LogP contribution in [0.25, 0.3) is 22.3 Å². The Morgan fingerprint density at radius 1 is 0.905 bits per heavy atom. The zero-order valence-corrected chi connectivity index (χ0v) is 22.0. The van der Waals surface area contributed by atoms with E-state index < -0.39 is 85.3 Å². The number of aromatic hydroxyl groups is 3. The van der Waals surface area contributed by atoms with Gasteiger partial charge in [-0.2, -0.15) is 0 Å².